The van der Waals surface area contributed by atoms with Crippen LogP contribution in [0.5, 0.6) is 5.75 Å². The van der Waals surface area contributed by atoms with E-state index in [0.29, 0.717) is 38.1 Å². The van der Waals surface area contributed by atoms with E-state index in [-0.39, 0.29) is 12.2 Å². The molecule has 8 nitrogen and oxygen atoms in total. The van der Waals surface area contributed by atoms with Gasteiger partial charge in [0.25, 0.3) is 5.56 Å². The van der Waals surface area contributed by atoms with Gasteiger partial charge >= 0.3 is 5.97 Å². The predicted octanol–water partition coefficient (Wildman–Crippen LogP) is 7.45. The summed E-state index contributed by atoms with van der Waals surface area (Å²) in [6.45, 7) is 4.50. The summed E-state index contributed by atoms with van der Waals surface area (Å²) in [5, 5.41) is 0.649. The standard InChI is InChI=1S/C35H26BrN3O5S3/c1-3-42-23-13-15-25-26(18-23)46-35(37-25)47-28-16-14-24(44-28)19-27-32(40)39-31(21-11-8-12-22(36)17-21)29(33(41)43-4-2)30(38-34(39)45-27)20-9-6-5-7-10-20/h5-19,31H,3-4H2,1-2H3/b27-19-/t31-/m1/s1. The van der Waals surface area contributed by atoms with Crippen LogP contribution in [0.15, 0.2) is 119 Å². The molecule has 236 valence electrons. The number of benzene rings is 3. The number of furan rings is 1. The molecule has 0 N–H and O–H groups in total. The first kappa shape index (κ1) is 31.4. The molecule has 0 bridgehead atoms. The fourth-order valence-corrected chi connectivity index (χ4v) is 8.69. The maximum atomic E-state index is 14.2. The lowest BCUT2D eigenvalue weighted by molar-refractivity contribution is -0.138. The smallest absolute Gasteiger partial charge is 0.338 e. The lowest BCUT2D eigenvalue weighted by Crippen LogP contribution is -2.40. The Kier molecular flexibility index (Phi) is 9.00. The van der Waals surface area contributed by atoms with Crippen molar-refractivity contribution in [3.05, 3.63) is 132 Å². The highest BCUT2D eigenvalue weighted by Gasteiger charge is 2.35. The van der Waals surface area contributed by atoms with Crippen molar-refractivity contribution >= 4 is 78.3 Å². The maximum absolute atomic E-state index is 14.2. The van der Waals surface area contributed by atoms with E-state index >= 15 is 0 Å². The van der Waals surface area contributed by atoms with Crippen LogP contribution in [0.1, 0.15) is 36.8 Å². The van der Waals surface area contributed by atoms with Gasteiger partial charge in [0, 0.05) is 16.1 Å². The van der Waals surface area contributed by atoms with Crippen molar-refractivity contribution in [2.45, 2.75) is 29.3 Å². The minimum atomic E-state index is -0.759. The van der Waals surface area contributed by atoms with Crippen LogP contribution in [0.2, 0.25) is 0 Å². The Morgan fingerprint density at radius 1 is 1.02 bits per heavy atom. The van der Waals surface area contributed by atoms with Gasteiger partial charge in [0.15, 0.2) is 14.2 Å². The molecule has 4 heterocycles. The second-order valence-electron chi connectivity index (χ2n) is 10.3. The Bertz CT molecular complexity index is 2340. The van der Waals surface area contributed by atoms with Crippen molar-refractivity contribution in [1.29, 1.82) is 0 Å². The molecule has 0 fully saturated rings. The van der Waals surface area contributed by atoms with Crippen LogP contribution in [0.4, 0.5) is 0 Å². The molecule has 1 aliphatic rings. The van der Waals surface area contributed by atoms with Crippen LogP contribution >= 0.6 is 50.4 Å². The Morgan fingerprint density at radius 3 is 2.66 bits per heavy atom. The van der Waals surface area contributed by atoms with E-state index in [1.54, 1.807) is 28.9 Å². The van der Waals surface area contributed by atoms with Gasteiger partial charge in [0.1, 0.15) is 11.5 Å². The summed E-state index contributed by atoms with van der Waals surface area (Å²) in [5.74, 6) is 0.810. The number of fused-ring (bicyclic) bond motifs is 2. The monoisotopic (exact) mass is 743 g/mol. The highest BCUT2D eigenvalue weighted by Crippen LogP contribution is 2.38. The minimum Gasteiger partial charge on any atom is -0.494 e. The Balaban J connectivity index is 1.30. The van der Waals surface area contributed by atoms with Crippen LogP contribution < -0.4 is 19.6 Å². The highest BCUT2D eigenvalue weighted by molar-refractivity contribution is 9.10. The summed E-state index contributed by atoms with van der Waals surface area (Å²) in [6.07, 6.45) is 1.72. The molecule has 12 heteroatoms. The Morgan fingerprint density at radius 2 is 1.87 bits per heavy atom. The van der Waals surface area contributed by atoms with Gasteiger partial charge in [-0.15, -0.1) is 11.3 Å². The SMILES string of the molecule is CCOC(=O)C1=C(c2ccccc2)N=c2s/c(=C\c3ccc(Sc4nc5ccc(OCC)cc5s4)o3)c(=O)n2[C@@H]1c1cccc(Br)c1. The van der Waals surface area contributed by atoms with E-state index in [0.717, 1.165) is 35.9 Å². The fourth-order valence-electron chi connectivity index (χ4n) is 5.30. The second-order valence-corrected chi connectivity index (χ2v) is 14.5. The molecule has 0 amide bonds. The normalized spacial score (nSPS) is 14.7. The van der Waals surface area contributed by atoms with Gasteiger partial charge in [-0.2, -0.15) is 0 Å². The van der Waals surface area contributed by atoms with E-state index in [1.165, 1.54) is 23.1 Å². The first-order valence-electron chi connectivity index (χ1n) is 14.8. The van der Waals surface area contributed by atoms with Gasteiger partial charge in [0.05, 0.1) is 45.3 Å². The van der Waals surface area contributed by atoms with Crippen molar-refractivity contribution in [3.8, 4) is 5.75 Å². The number of carbonyl (C=O) groups excluding carboxylic acids is 1. The molecule has 1 atom stereocenters. The number of aromatic nitrogens is 2. The lowest BCUT2D eigenvalue weighted by Gasteiger charge is -2.26. The topological polar surface area (TPSA) is 95.9 Å². The molecule has 1 aliphatic heterocycles. The number of nitrogens with zero attached hydrogens (tertiary/aromatic N) is 3. The van der Waals surface area contributed by atoms with Crippen molar-refractivity contribution in [2.24, 2.45) is 4.99 Å². The summed E-state index contributed by atoms with van der Waals surface area (Å²) in [6, 6.07) is 25.9. The van der Waals surface area contributed by atoms with Gasteiger partial charge in [-0.1, -0.05) is 69.7 Å². The number of halogens is 1. The third-order valence-electron chi connectivity index (χ3n) is 7.25. The third-order valence-corrected chi connectivity index (χ3v) is 10.7. The maximum Gasteiger partial charge on any atom is 0.338 e. The van der Waals surface area contributed by atoms with Crippen LogP contribution in [-0.4, -0.2) is 28.7 Å². The lowest BCUT2D eigenvalue weighted by atomic mass is 9.93. The zero-order valence-corrected chi connectivity index (χ0v) is 29.2. The van der Waals surface area contributed by atoms with E-state index in [1.807, 2.05) is 91.9 Å². The van der Waals surface area contributed by atoms with Gasteiger partial charge in [-0.3, -0.25) is 9.36 Å². The number of esters is 1. The molecule has 0 saturated heterocycles. The molecule has 0 radical (unpaired) electrons. The quantitative estimate of drug-likeness (QED) is 0.142. The first-order valence-corrected chi connectivity index (χ1v) is 18.0. The predicted molar refractivity (Wildman–Crippen MR) is 189 cm³/mol. The van der Waals surface area contributed by atoms with Crippen LogP contribution in [-0.2, 0) is 9.53 Å². The van der Waals surface area contributed by atoms with Gasteiger partial charge in [0.2, 0.25) is 0 Å². The zero-order chi connectivity index (χ0) is 32.5. The summed E-state index contributed by atoms with van der Waals surface area (Å²) < 4.78 is 22.0. The minimum absolute atomic E-state index is 0.185. The van der Waals surface area contributed by atoms with Gasteiger partial charge in [-0.25, -0.2) is 14.8 Å². The molecule has 0 aliphatic carbocycles. The molecule has 0 unspecified atom stereocenters. The summed E-state index contributed by atoms with van der Waals surface area (Å²) in [4.78, 5) is 37.9. The number of hydrogen-bond donors (Lipinski definition) is 0. The van der Waals surface area contributed by atoms with E-state index in [9.17, 15) is 9.59 Å². The molecule has 0 spiro atoms. The largest absolute Gasteiger partial charge is 0.494 e. The van der Waals surface area contributed by atoms with Crippen molar-refractivity contribution in [1.82, 2.24) is 9.55 Å². The van der Waals surface area contributed by atoms with Crippen LogP contribution in [0, 0.1) is 0 Å². The van der Waals surface area contributed by atoms with E-state index in [2.05, 4.69) is 15.9 Å². The molecule has 3 aromatic carbocycles. The van der Waals surface area contributed by atoms with Crippen molar-refractivity contribution < 1.29 is 18.7 Å². The van der Waals surface area contributed by atoms with Gasteiger partial charge in [-0.05, 0) is 73.6 Å². The third kappa shape index (κ3) is 6.38. The average molecular weight is 745 g/mol. The van der Waals surface area contributed by atoms with Crippen molar-refractivity contribution in [3.63, 3.8) is 0 Å². The number of hydrogen-bond acceptors (Lipinski definition) is 10. The molecular formula is C35H26BrN3O5S3. The number of carbonyl (C=O) groups is 1. The molecule has 3 aromatic heterocycles. The number of thiazole rings is 2. The average Bonchev–Trinajstić information content (AvgIpc) is 3.77. The van der Waals surface area contributed by atoms with Crippen LogP contribution in [0.25, 0.3) is 22.0 Å². The molecule has 6 aromatic rings. The molecule has 7 rings (SSSR count). The highest BCUT2D eigenvalue weighted by atomic mass is 79.9. The number of ether oxygens (including phenoxy) is 2. The molecular weight excluding hydrogens is 719 g/mol. The zero-order valence-electron chi connectivity index (χ0n) is 25.1. The first-order chi connectivity index (χ1) is 22.9. The van der Waals surface area contributed by atoms with Crippen molar-refractivity contribution in [2.75, 3.05) is 13.2 Å². The summed E-state index contributed by atoms with van der Waals surface area (Å²) in [5.41, 5.74) is 2.89. The van der Waals surface area contributed by atoms with E-state index in [4.69, 9.17) is 23.9 Å². The molecule has 0 saturated carbocycles. The second kappa shape index (κ2) is 13.5. The molecule has 47 heavy (non-hydrogen) atoms. The Hall–Kier alpha value is -4.23. The fraction of sp³-hybridized carbons (Fsp3) is 0.143. The van der Waals surface area contributed by atoms with E-state index < -0.39 is 12.0 Å². The van der Waals surface area contributed by atoms with Gasteiger partial charge < -0.3 is 13.9 Å². The Labute approximate surface area is 289 Å². The number of rotatable bonds is 9. The summed E-state index contributed by atoms with van der Waals surface area (Å²) in [7, 11) is 0. The van der Waals surface area contributed by atoms with Crippen LogP contribution in [0.3, 0.4) is 0 Å². The summed E-state index contributed by atoms with van der Waals surface area (Å²) >= 11 is 7.79.